The van der Waals surface area contributed by atoms with Crippen LogP contribution in [-0.4, -0.2) is 54.2 Å². The molecule has 0 radical (unpaired) electrons. The lowest BCUT2D eigenvalue weighted by Crippen LogP contribution is -2.31. The Bertz CT molecular complexity index is 771. The molecule has 25 heavy (non-hydrogen) atoms. The average Bonchev–Trinajstić information content (AvgIpc) is 3.09. The van der Waals surface area contributed by atoms with Gasteiger partial charge in [0.1, 0.15) is 11.9 Å². The van der Waals surface area contributed by atoms with Gasteiger partial charge in [-0.15, -0.1) is 0 Å². The van der Waals surface area contributed by atoms with Crippen LogP contribution >= 0.6 is 11.6 Å². The molecule has 7 nitrogen and oxygen atoms in total. The molecule has 1 aromatic carbocycles. The van der Waals surface area contributed by atoms with Crippen LogP contribution in [0.5, 0.6) is 17.5 Å². The molecule has 3 rings (SSSR count). The van der Waals surface area contributed by atoms with Crippen molar-refractivity contribution < 1.29 is 19.0 Å². The summed E-state index contributed by atoms with van der Waals surface area (Å²) < 4.78 is 16.1. The topological polar surface area (TPSA) is 73.8 Å². The number of carbonyl (C=O) groups is 1. The Balaban J connectivity index is 1.68. The molecule has 132 valence electrons. The van der Waals surface area contributed by atoms with Gasteiger partial charge in [-0.05, 0) is 18.2 Å². The summed E-state index contributed by atoms with van der Waals surface area (Å²) in [5.41, 5.74) is 0.442. The number of likely N-dealkylation sites (tertiary alicyclic amines) is 1. The number of halogens is 1. The fourth-order valence-corrected chi connectivity index (χ4v) is 2.86. The maximum atomic E-state index is 12.8. The van der Waals surface area contributed by atoms with Crippen molar-refractivity contribution in [2.45, 2.75) is 12.5 Å². The second kappa shape index (κ2) is 7.57. The number of benzene rings is 1. The Morgan fingerprint density at radius 1 is 1.24 bits per heavy atom. The normalized spacial score (nSPS) is 16.6. The van der Waals surface area contributed by atoms with E-state index in [0.717, 1.165) is 0 Å². The lowest BCUT2D eigenvalue weighted by Gasteiger charge is -2.18. The minimum atomic E-state index is -0.157. The van der Waals surface area contributed by atoms with Gasteiger partial charge in [-0.25, -0.2) is 0 Å². The number of nitrogens with zero attached hydrogens (tertiary/aromatic N) is 3. The number of ether oxygens (including phenoxy) is 3. The van der Waals surface area contributed by atoms with E-state index in [1.165, 1.54) is 26.6 Å². The average molecular weight is 364 g/mol. The summed E-state index contributed by atoms with van der Waals surface area (Å²) in [5.74, 6) is 1.12. The number of rotatable bonds is 5. The van der Waals surface area contributed by atoms with E-state index in [9.17, 15) is 4.79 Å². The summed E-state index contributed by atoms with van der Waals surface area (Å²) in [6.07, 6.45) is 3.57. The van der Waals surface area contributed by atoms with Gasteiger partial charge in [0.2, 0.25) is 11.8 Å². The molecule has 1 aliphatic heterocycles. The van der Waals surface area contributed by atoms with E-state index in [1.807, 2.05) is 0 Å². The first-order valence-electron chi connectivity index (χ1n) is 7.76. The van der Waals surface area contributed by atoms with Crippen molar-refractivity contribution in [3.8, 4) is 17.5 Å². The van der Waals surface area contributed by atoms with E-state index < -0.39 is 0 Å². The van der Waals surface area contributed by atoms with Crippen LogP contribution in [-0.2, 0) is 0 Å². The standard InChI is InChI=1S/C17H18ClN3O4/c1-23-14-4-3-11(18)7-13(14)17(22)21-6-5-12(10-21)25-16-9-19-8-15(20-16)24-2/h3-4,7-9,12H,5-6,10H2,1-2H3. The minimum Gasteiger partial charge on any atom is -0.496 e. The van der Waals surface area contributed by atoms with Gasteiger partial charge in [0.05, 0.1) is 38.7 Å². The third kappa shape index (κ3) is 3.93. The summed E-state index contributed by atoms with van der Waals surface area (Å²) in [7, 11) is 3.04. The number of hydrogen-bond acceptors (Lipinski definition) is 6. The van der Waals surface area contributed by atoms with E-state index in [1.54, 1.807) is 23.1 Å². The second-order valence-electron chi connectivity index (χ2n) is 5.52. The molecule has 1 aromatic heterocycles. The lowest BCUT2D eigenvalue weighted by molar-refractivity contribution is 0.0767. The SMILES string of the molecule is COc1cncc(OC2CCN(C(=O)c3cc(Cl)ccc3OC)C2)n1. The maximum Gasteiger partial charge on any atom is 0.257 e. The van der Waals surface area contributed by atoms with Gasteiger partial charge in [0.25, 0.3) is 5.91 Å². The molecule has 0 spiro atoms. The van der Waals surface area contributed by atoms with Crippen molar-refractivity contribution in [3.63, 3.8) is 0 Å². The van der Waals surface area contributed by atoms with Gasteiger partial charge < -0.3 is 19.1 Å². The molecule has 1 unspecified atom stereocenters. The van der Waals surface area contributed by atoms with E-state index >= 15 is 0 Å². The Hall–Kier alpha value is -2.54. The van der Waals surface area contributed by atoms with Crippen LogP contribution in [0, 0.1) is 0 Å². The van der Waals surface area contributed by atoms with Crippen LogP contribution < -0.4 is 14.2 Å². The highest BCUT2D eigenvalue weighted by Gasteiger charge is 2.30. The molecule has 1 saturated heterocycles. The summed E-state index contributed by atoms with van der Waals surface area (Å²) in [6.45, 7) is 1.03. The molecular formula is C17H18ClN3O4. The summed E-state index contributed by atoms with van der Waals surface area (Å²) >= 11 is 6.01. The Morgan fingerprint density at radius 3 is 2.80 bits per heavy atom. The molecule has 1 aliphatic rings. The molecule has 8 heteroatoms. The van der Waals surface area contributed by atoms with Crippen molar-refractivity contribution in [2.75, 3.05) is 27.3 Å². The molecule has 1 fully saturated rings. The first kappa shape index (κ1) is 17.3. The molecule has 0 aliphatic carbocycles. The highest BCUT2D eigenvalue weighted by molar-refractivity contribution is 6.31. The number of carbonyl (C=O) groups excluding carboxylic acids is 1. The third-order valence-corrected chi connectivity index (χ3v) is 4.15. The highest BCUT2D eigenvalue weighted by atomic mass is 35.5. The third-order valence-electron chi connectivity index (χ3n) is 3.91. The zero-order valence-corrected chi connectivity index (χ0v) is 14.7. The molecule has 0 N–H and O–H groups in total. The quantitative estimate of drug-likeness (QED) is 0.812. The van der Waals surface area contributed by atoms with Crippen LogP contribution in [0.3, 0.4) is 0 Å². The lowest BCUT2D eigenvalue weighted by atomic mass is 10.1. The van der Waals surface area contributed by atoms with Crippen LogP contribution in [0.15, 0.2) is 30.6 Å². The fraction of sp³-hybridized carbons (Fsp3) is 0.353. The zero-order chi connectivity index (χ0) is 17.8. The van der Waals surface area contributed by atoms with Gasteiger partial charge in [0, 0.05) is 18.0 Å². The van der Waals surface area contributed by atoms with Crippen molar-refractivity contribution >= 4 is 17.5 Å². The van der Waals surface area contributed by atoms with Crippen molar-refractivity contribution in [3.05, 3.63) is 41.2 Å². The van der Waals surface area contributed by atoms with E-state index in [2.05, 4.69) is 9.97 Å². The van der Waals surface area contributed by atoms with Gasteiger partial charge in [0.15, 0.2) is 0 Å². The van der Waals surface area contributed by atoms with E-state index in [-0.39, 0.29) is 12.0 Å². The molecule has 0 saturated carbocycles. The molecular weight excluding hydrogens is 346 g/mol. The van der Waals surface area contributed by atoms with Crippen molar-refractivity contribution in [1.29, 1.82) is 0 Å². The van der Waals surface area contributed by atoms with Crippen LogP contribution in [0.2, 0.25) is 5.02 Å². The first-order valence-corrected chi connectivity index (χ1v) is 8.14. The Kier molecular flexibility index (Phi) is 5.23. The summed E-state index contributed by atoms with van der Waals surface area (Å²) in [5, 5.41) is 0.489. The maximum absolute atomic E-state index is 12.8. The first-order chi connectivity index (χ1) is 12.1. The molecule has 1 amide bonds. The highest BCUT2D eigenvalue weighted by Crippen LogP contribution is 2.26. The van der Waals surface area contributed by atoms with E-state index in [4.69, 9.17) is 25.8 Å². The Morgan fingerprint density at radius 2 is 2.04 bits per heavy atom. The number of aromatic nitrogens is 2. The monoisotopic (exact) mass is 363 g/mol. The van der Waals surface area contributed by atoms with Gasteiger partial charge in [-0.1, -0.05) is 11.6 Å². The second-order valence-corrected chi connectivity index (χ2v) is 5.96. The predicted molar refractivity (Wildman–Crippen MR) is 91.5 cm³/mol. The van der Waals surface area contributed by atoms with Crippen LogP contribution in [0.1, 0.15) is 16.8 Å². The van der Waals surface area contributed by atoms with Crippen molar-refractivity contribution in [2.24, 2.45) is 0 Å². The van der Waals surface area contributed by atoms with Gasteiger partial charge >= 0.3 is 0 Å². The summed E-state index contributed by atoms with van der Waals surface area (Å²) in [4.78, 5) is 22.7. The number of methoxy groups -OCH3 is 2. The number of hydrogen-bond donors (Lipinski definition) is 0. The zero-order valence-electron chi connectivity index (χ0n) is 13.9. The molecule has 2 aromatic rings. The molecule has 1 atom stereocenters. The van der Waals surface area contributed by atoms with Crippen LogP contribution in [0.4, 0.5) is 0 Å². The molecule has 2 heterocycles. The fourth-order valence-electron chi connectivity index (χ4n) is 2.68. The number of amides is 1. The molecule has 0 bridgehead atoms. The summed E-state index contributed by atoms with van der Waals surface area (Å²) in [6, 6.07) is 4.99. The van der Waals surface area contributed by atoms with Crippen molar-refractivity contribution in [1.82, 2.24) is 14.9 Å². The predicted octanol–water partition coefficient (Wildman–Crippen LogP) is 2.44. The smallest absolute Gasteiger partial charge is 0.257 e. The minimum absolute atomic E-state index is 0.137. The van der Waals surface area contributed by atoms with Crippen LogP contribution in [0.25, 0.3) is 0 Å². The van der Waals surface area contributed by atoms with E-state index in [0.29, 0.717) is 47.6 Å². The van der Waals surface area contributed by atoms with Gasteiger partial charge in [-0.3, -0.25) is 9.78 Å². The Labute approximate surface area is 150 Å². The largest absolute Gasteiger partial charge is 0.496 e. The van der Waals surface area contributed by atoms with Gasteiger partial charge in [-0.2, -0.15) is 4.98 Å².